The van der Waals surface area contributed by atoms with Crippen LogP contribution in [0.3, 0.4) is 0 Å². The Balaban J connectivity index is 2.52. The molecule has 0 bridgehead atoms. The van der Waals surface area contributed by atoms with E-state index in [1.165, 1.54) is 5.56 Å². The third-order valence-corrected chi connectivity index (χ3v) is 2.45. The van der Waals surface area contributed by atoms with Crippen molar-refractivity contribution in [2.75, 3.05) is 0 Å². The summed E-state index contributed by atoms with van der Waals surface area (Å²) in [5, 5.41) is 8.63. The summed E-state index contributed by atoms with van der Waals surface area (Å²) in [7, 11) is 0. The molecule has 15 heavy (non-hydrogen) atoms. The largest absolute Gasteiger partial charge is 0.481 e. The minimum absolute atomic E-state index is 0.0275. The molecule has 0 aromatic carbocycles. The number of carbonyl (C=O) groups is 1. The van der Waals surface area contributed by atoms with Crippen molar-refractivity contribution in [2.45, 2.75) is 33.1 Å². The fourth-order valence-electron chi connectivity index (χ4n) is 1.59. The van der Waals surface area contributed by atoms with E-state index in [9.17, 15) is 4.79 Å². The molecule has 0 spiro atoms. The average molecular weight is 207 g/mol. The maximum Gasteiger partial charge on any atom is 0.303 e. The highest BCUT2D eigenvalue weighted by molar-refractivity contribution is 5.66. The van der Waals surface area contributed by atoms with Crippen LogP contribution in [-0.4, -0.2) is 16.1 Å². The molecule has 3 heteroatoms. The van der Waals surface area contributed by atoms with Crippen LogP contribution < -0.4 is 0 Å². The van der Waals surface area contributed by atoms with Crippen LogP contribution in [0.25, 0.3) is 0 Å². The SMILES string of the molecule is CC(C)(CCC(=O)O)Cc1ccncc1. The lowest BCUT2D eigenvalue weighted by molar-refractivity contribution is -0.137. The van der Waals surface area contributed by atoms with Crippen LogP contribution in [0.1, 0.15) is 32.3 Å². The summed E-state index contributed by atoms with van der Waals surface area (Å²) in [5.74, 6) is -0.724. The molecule has 0 saturated heterocycles. The standard InChI is InChI=1S/C12H17NO2/c1-12(2,6-3-11(14)15)9-10-4-7-13-8-5-10/h4-5,7-8H,3,6,9H2,1-2H3,(H,14,15). The Bertz CT molecular complexity index is 320. The molecule has 82 valence electrons. The molecular weight excluding hydrogens is 190 g/mol. The molecule has 0 aliphatic carbocycles. The molecule has 1 N–H and O–H groups in total. The van der Waals surface area contributed by atoms with Gasteiger partial charge in [-0.15, -0.1) is 0 Å². The van der Waals surface area contributed by atoms with Crippen LogP contribution in [0, 0.1) is 5.41 Å². The quantitative estimate of drug-likeness (QED) is 0.807. The highest BCUT2D eigenvalue weighted by atomic mass is 16.4. The predicted molar refractivity (Wildman–Crippen MR) is 58.6 cm³/mol. The Morgan fingerprint density at radius 3 is 2.53 bits per heavy atom. The smallest absolute Gasteiger partial charge is 0.303 e. The molecule has 0 radical (unpaired) electrons. The van der Waals surface area contributed by atoms with Gasteiger partial charge in [0, 0.05) is 18.8 Å². The zero-order valence-corrected chi connectivity index (χ0v) is 9.23. The van der Waals surface area contributed by atoms with Crippen LogP contribution in [0.4, 0.5) is 0 Å². The van der Waals surface area contributed by atoms with E-state index >= 15 is 0 Å². The Kier molecular flexibility index (Phi) is 3.83. The van der Waals surface area contributed by atoms with Crippen LogP contribution in [0.2, 0.25) is 0 Å². The third kappa shape index (κ3) is 4.58. The Labute approximate surface area is 90.2 Å². The van der Waals surface area contributed by atoms with Gasteiger partial charge < -0.3 is 5.11 Å². The number of rotatable bonds is 5. The maximum atomic E-state index is 10.5. The Morgan fingerprint density at radius 1 is 1.40 bits per heavy atom. The van der Waals surface area contributed by atoms with Crippen LogP contribution in [0.5, 0.6) is 0 Å². The summed E-state index contributed by atoms with van der Waals surface area (Å²) in [6, 6.07) is 3.95. The van der Waals surface area contributed by atoms with Gasteiger partial charge in [0.15, 0.2) is 0 Å². The lowest BCUT2D eigenvalue weighted by Gasteiger charge is -2.23. The highest BCUT2D eigenvalue weighted by Crippen LogP contribution is 2.27. The monoisotopic (exact) mass is 207 g/mol. The van der Waals surface area contributed by atoms with Crippen molar-refractivity contribution in [1.29, 1.82) is 0 Å². The molecule has 1 rings (SSSR count). The second kappa shape index (κ2) is 4.91. The molecule has 0 saturated carbocycles. The van der Waals surface area contributed by atoms with Gasteiger partial charge in [-0.25, -0.2) is 0 Å². The number of pyridine rings is 1. The Morgan fingerprint density at radius 2 is 2.00 bits per heavy atom. The van der Waals surface area contributed by atoms with E-state index in [4.69, 9.17) is 5.11 Å². The van der Waals surface area contributed by atoms with E-state index in [1.54, 1.807) is 12.4 Å². The van der Waals surface area contributed by atoms with Gasteiger partial charge in [0.2, 0.25) is 0 Å². The lowest BCUT2D eigenvalue weighted by atomic mass is 9.82. The fraction of sp³-hybridized carbons (Fsp3) is 0.500. The van der Waals surface area contributed by atoms with Crippen molar-refractivity contribution >= 4 is 5.97 Å². The number of nitrogens with zero attached hydrogens (tertiary/aromatic N) is 1. The topological polar surface area (TPSA) is 50.2 Å². The van der Waals surface area contributed by atoms with E-state index in [0.717, 1.165) is 6.42 Å². The van der Waals surface area contributed by atoms with Crippen molar-refractivity contribution in [3.8, 4) is 0 Å². The first-order valence-electron chi connectivity index (χ1n) is 5.10. The molecule has 0 unspecified atom stereocenters. The molecule has 1 aromatic rings. The fourth-order valence-corrected chi connectivity index (χ4v) is 1.59. The van der Waals surface area contributed by atoms with Gasteiger partial charge in [0.1, 0.15) is 0 Å². The first-order chi connectivity index (χ1) is 6.99. The summed E-state index contributed by atoms with van der Waals surface area (Å²) in [4.78, 5) is 14.4. The van der Waals surface area contributed by atoms with E-state index in [1.807, 2.05) is 12.1 Å². The Hall–Kier alpha value is -1.38. The molecule has 0 fully saturated rings. The van der Waals surface area contributed by atoms with Crippen molar-refractivity contribution in [1.82, 2.24) is 4.98 Å². The summed E-state index contributed by atoms with van der Waals surface area (Å²) in [5.41, 5.74) is 1.24. The van der Waals surface area contributed by atoms with Gasteiger partial charge in [-0.3, -0.25) is 9.78 Å². The molecule has 3 nitrogen and oxygen atoms in total. The van der Waals surface area contributed by atoms with Crippen molar-refractivity contribution in [2.24, 2.45) is 5.41 Å². The normalized spacial score (nSPS) is 11.3. The number of aliphatic carboxylic acids is 1. The van der Waals surface area contributed by atoms with Crippen LogP contribution in [0.15, 0.2) is 24.5 Å². The molecule has 0 atom stereocenters. The van der Waals surface area contributed by atoms with E-state index in [2.05, 4.69) is 18.8 Å². The average Bonchev–Trinajstić information content (AvgIpc) is 2.16. The molecule has 0 aliphatic heterocycles. The minimum atomic E-state index is -0.724. The summed E-state index contributed by atoms with van der Waals surface area (Å²) in [6.45, 7) is 4.19. The van der Waals surface area contributed by atoms with Gasteiger partial charge >= 0.3 is 5.97 Å². The van der Waals surface area contributed by atoms with Gasteiger partial charge in [0.05, 0.1) is 0 Å². The minimum Gasteiger partial charge on any atom is -0.481 e. The number of aromatic nitrogens is 1. The van der Waals surface area contributed by atoms with Gasteiger partial charge in [-0.1, -0.05) is 13.8 Å². The third-order valence-electron chi connectivity index (χ3n) is 2.45. The van der Waals surface area contributed by atoms with Crippen molar-refractivity contribution in [3.63, 3.8) is 0 Å². The van der Waals surface area contributed by atoms with Crippen LogP contribution >= 0.6 is 0 Å². The van der Waals surface area contributed by atoms with E-state index in [-0.39, 0.29) is 11.8 Å². The molecule has 0 aliphatic rings. The van der Waals surface area contributed by atoms with Gasteiger partial charge in [-0.2, -0.15) is 0 Å². The summed E-state index contributed by atoms with van der Waals surface area (Å²) < 4.78 is 0. The van der Waals surface area contributed by atoms with Gasteiger partial charge in [0.25, 0.3) is 0 Å². The van der Waals surface area contributed by atoms with Crippen LogP contribution in [-0.2, 0) is 11.2 Å². The molecule has 1 heterocycles. The molecule has 1 aromatic heterocycles. The number of carboxylic acid groups (broad SMARTS) is 1. The zero-order valence-electron chi connectivity index (χ0n) is 9.23. The van der Waals surface area contributed by atoms with Gasteiger partial charge in [-0.05, 0) is 36.0 Å². The number of carboxylic acids is 1. The second-order valence-corrected chi connectivity index (χ2v) is 4.59. The second-order valence-electron chi connectivity index (χ2n) is 4.59. The van der Waals surface area contributed by atoms with E-state index in [0.29, 0.717) is 6.42 Å². The zero-order chi connectivity index (χ0) is 11.3. The maximum absolute atomic E-state index is 10.5. The lowest BCUT2D eigenvalue weighted by Crippen LogP contribution is -2.16. The number of hydrogen-bond acceptors (Lipinski definition) is 2. The number of hydrogen-bond donors (Lipinski definition) is 1. The van der Waals surface area contributed by atoms with E-state index < -0.39 is 5.97 Å². The molecular formula is C12H17NO2. The molecule has 0 amide bonds. The predicted octanol–water partition coefficient (Wildman–Crippen LogP) is 2.52. The van der Waals surface area contributed by atoms with Crippen molar-refractivity contribution < 1.29 is 9.90 Å². The van der Waals surface area contributed by atoms with Crippen molar-refractivity contribution in [3.05, 3.63) is 30.1 Å². The summed E-state index contributed by atoms with van der Waals surface area (Å²) >= 11 is 0. The summed E-state index contributed by atoms with van der Waals surface area (Å²) in [6.07, 6.45) is 5.36. The first-order valence-corrected chi connectivity index (χ1v) is 5.10. The first kappa shape index (κ1) is 11.7. The highest BCUT2D eigenvalue weighted by Gasteiger charge is 2.19.